The topological polar surface area (TPSA) is 57.0 Å². The lowest BCUT2D eigenvalue weighted by atomic mass is 10.2. The van der Waals surface area contributed by atoms with Gasteiger partial charge in [-0.2, -0.15) is 5.26 Å². The highest BCUT2D eigenvalue weighted by molar-refractivity contribution is 6.33. The van der Waals surface area contributed by atoms with Crippen LogP contribution in [0.3, 0.4) is 0 Å². The normalized spacial score (nSPS) is 9.94. The number of carbonyl (C=O) groups is 1. The van der Waals surface area contributed by atoms with Crippen LogP contribution in [0.5, 0.6) is 0 Å². The molecule has 84 valence electrons. The fourth-order valence-electron chi connectivity index (χ4n) is 1.27. The number of pyridine rings is 1. The summed E-state index contributed by atoms with van der Waals surface area (Å²) in [6, 6.07) is 3.47. The lowest BCUT2D eigenvalue weighted by Gasteiger charge is -2.24. The van der Waals surface area contributed by atoms with E-state index < -0.39 is 0 Å². The van der Waals surface area contributed by atoms with Crippen LogP contribution in [0.25, 0.3) is 0 Å². The van der Waals surface area contributed by atoms with Gasteiger partial charge < -0.3 is 4.90 Å². The van der Waals surface area contributed by atoms with E-state index in [0.29, 0.717) is 10.6 Å². The third-order valence-electron chi connectivity index (χ3n) is 2.13. The van der Waals surface area contributed by atoms with Gasteiger partial charge in [0.25, 0.3) is 5.91 Å². The second-order valence-corrected chi connectivity index (χ2v) is 3.95. The molecule has 1 heterocycles. The van der Waals surface area contributed by atoms with Crippen molar-refractivity contribution in [1.29, 1.82) is 5.26 Å². The summed E-state index contributed by atoms with van der Waals surface area (Å²) >= 11 is 5.88. The highest BCUT2D eigenvalue weighted by Gasteiger charge is 2.20. The average Bonchev–Trinajstić information content (AvgIpc) is 2.25. The van der Waals surface area contributed by atoms with Gasteiger partial charge in [-0.1, -0.05) is 11.6 Å². The van der Waals surface area contributed by atoms with Crippen molar-refractivity contribution in [2.24, 2.45) is 0 Å². The Hall–Kier alpha value is -1.60. The van der Waals surface area contributed by atoms with Crippen molar-refractivity contribution in [1.82, 2.24) is 9.88 Å². The number of hydrogen-bond acceptors (Lipinski definition) is 3. The van der Waals surface area contributed by atoms with E-state index in [1.807, 2.05) is 19.9 Å². The molecule has 0 atom stereocenters. The molecule has 0 saturated carbocycles. The molecule has 0 aromatic carbocycles. The number of rotatable bonds is 3. The lowest BCUT2D eigenvalue weighted by Crippen LogP contribution is -2.37. The zero-order chi connectivity index (χ0) is 12.1. The van der Waals surface area contributed by atoms with Gasteiger partial charge in [0.2, 0.25) is 0 Å². The van der Waals surface area contributed by atoms with E-state index in [9.17, 15) is 4.79 Å². The molecule has 1 aromatic rings. The van der Waals surface area contributed by atoms with Crippen molar-refractivity contribution in [3.63, 3.8) is 0 Å². The molecule has 0 spiro atoms. The molecule has 1 rings (SSSR count). The average molecular weight is 238 g/mol. The monoisotopic (exact) mass is 237 g/mol. The van der Waals surface area contributed by atoms with Crippen LogP contribution in [-0.2, 0) is 0 Å². The van der Waals surface area contributed by atoms with Crippen LogP contribution < -0.4 is 0 Å². The molecular formula is C11H12ClN3O. The van der Waals surface area contributed by atoms with E-state index in [0.717, 1.165) is 0 Å². The predicted molar refractivity (Wildman–Crippen MR) is 61.0 cm³/mol. The Kier molecular flexibility index (Phi) is 4.27. The molecule has 0 aliphatic rings. The van der Waals surface area contributed by atoms with Crippen molar-refractivity contribution >= 4 is 17.5 Å². The molecule has 1 amide bonds. The molecule has 0 unspecified atom stereocenters. The van der Waals surface area contributed by atoms with Crippen LogP contribution in [0.1, 0.15) is 24.2 Å². The van der Waals surface area contributed by atoms with Crippen LogP contribution in [0, 0.1) is 11.3 Å². The Morgan fingerprint density at radius 1 is 1.69 bits per heavy atom. The molecule has 4 nitrogen and oxygen atoms in total. The van der Waals surface area contributed by atoms with Gasteiger partial charge in [-0.25, -0.2) is 0 Å². The predicted octanol–water partition coefficient (Wildman–Crippen LogP) is 2.11. The van der Waals surface area contributed by atoms with Gasteiger partial charge >= 0.3 is 0 Å². The minimum Gasteiger partial charge on any atom is -0.323 e. The zero-order valence-electron chi connectivity index (χ0n) is 9.14. The van der Waals surface area contributed by atoms with E-state index in [-0.39, 0.29) is 18.5 Å². The van der Waals surface area contributed by atoms with Gasteiger partial charge in [0, 0.05) is 18.4 Å². The van der Waals surface area contributed by atoms with Gasteiger partial charge in [0.15, 0.2) is 0 Å². The largest absolute Gasteiger partial charge is 0.323 e. The number of amides is 1. The summed E-state index contributed by atoms with van der Waals surface area (Å²) in [5.74, 6) is -0.246. The van der Waals surface area contributed by atoms with E-state index in [1.165, 1.54) is 17.3 Å². The van der Waals surface area contributed by atoms with Crippen LogP contribution in [0.15, 0.2) is 18.5 Å². The Bertz CT molecular complexity index is 425. The molecule has 16 heavy (non-hydrogen) atoms. The summed E-state index contributed by atoms with van der Waals surface area (Å²) in [5, 5.41) is 8.96. The third kappa shape index (κ3) is 2.71. The summed E-state index contributed by atoms with van der Waals surface area (Å²) in [6.45, 7) is 3.75. The Morgan fingerprint density at radius 3 is 2.88 bits per heavy atom. The number of nitrogens with zero attached hydrogens (tertiary/aromatic N) is 3. The lowest BCUT2D eigenvalue weighted by molar-refractivity contribution is 0.0731. The quantitative estimate of drug-likeness (QED) is 0.757. The van der Waals surface area contributed by atoms with Gasteiger partial charge in [-0.05, 0) is 19.9 Å². The highest BCUT2D eigenvalue weighted by atomic mass is 35.5. The van der Waals surface area contributed by atoms with Crippen molar-refractivity contribution < 1.29 is 4.79 Å². The summed E-state index contributed by atoms with van der Waals surface area (Å²) in [6.07, 6.45) is 2.92. The first-order valence-corrected chi connectivity index (χ1v) is 5.23. The highest BCUT2D eigenvalue weighted by Crippen LogP contribution is 2.16. The molecule has 0 N–H and O–H groups in total. The first kappa shape index (κ1) is 12.5. The molecular weight excluding hydrogens is 226 g/mol. The standard InChI is InChI=1S/C11H12ClN3O/c1-8(2)15(6-4-13)11(16)9-3-5-14-7-10(9)12/h3,5,7-8H,6H2,1-2H3. The smallest absolute Gasteiger partial charge is 0.256 e. The van der Waals surface area contributed by atoms with Crippen molar-refractivity contribution in [3.8, 4) is 6.07 Å². The SMILES string of the molecule is CC(C)N(CC#N)C(=O)c1ccncc1Cl. The van der Waals surface area contributed by atoms with Gasteiger partial charge in [-0.3, -0.25) is 9.78 Å². The molecule has 0 bridgehead atoms. The first-order valence-electron chi connectivity index (χ1n) is 4.85. The maximum atomic E-state index is 12.1. The molecule has 0 saturated heterocycles. The number of halogens is 1. The van der Waals surface area contributed by atoms with E-state index in [2.05, 4.69) is 4.98 Å². The molecule has 0 aliphatic heterocycles. The van der Waals surface area contributed by atoms with E-state index in [1.54, 1.807) is 6.07 Å². The number of nitriles is 1. The Morgan fingerprint density at radius 2 is 2.38 bits per heavy atom. The Balaban J connectivity index is 3.01. The van der Waals surface area contributed by atoms with Gasteiger partial charge in [0.1, 0.15) is 6.54 Å². The fraction of sp³-hybridized carbons (Fsp3) is 0.364. The molecule has 1 aromatic heterocycles. The molecule has 0 radical (unpaired) electrons. The van der Waals surface area contributed by atoms with Crippen LogP contribution in [-0.4, -0.2) is 28.4 Å². The van der Waals surface area contributed by atoms with Crippen molar-refractivity contribution in [3.05, 3.63) is 29.0 Å². The first-order chi connectivity index (χ1) is 7.57. The van der Waals surface area contributed by atoms with Crippen LogP contribution in [0.4, 0.5) is 0 Å². The fourth-order valence-corrected chi connectivity index (χ4v) is 1.47. The van der Waals surface area contributed by atoms with E-state index >= 15 is 0 Å². The summed E-state index contributed by atoms with van der Waals surface area (Å²) in [4.78, 5) is 17.3. The maximum absolute atomic E-state index is 12.1. The van der Waals surface area contributed by atoms with Gasteiger partial charge in [0.05, 0.1) is 16.7 Å². The molecule has 0 fully saturated rings. The van der Waals surface area contributed by atoms with Crippen LogP contribution >= 0.6 is 11.6 Å². The zero-order valence-corrected chi connectivity index (χ0v) is 9.90. The summed E-state index contributed by atoms with van der Waals surface area (Å²) in [5.41, 5.74) is 0.376. The van der Waals surface area contributed by atoms with Gasteiger partial charge in [-0.15, -0.1) is 0 Å². The van der Waals surface area contributed by atoms with Crippen LogP contribution in [0.2, 0.25) is 5.02 Å². The second-order valence-electron chi connectivity index (χ2n) is 3.54. The molecule has 0 aliphatic carbocycles. The Labute approximate surface area is 99.5 Å². The third-order valence-corrected chi connectivity index (χ3v) is 2.43. The number of hydrogen-bond donors (Lipinski definition) is 0. The molecule has 5 heteroatoms. The minimum atomic E-state index is -0.246. The van der Waals surface area contributed by atoms with E-state index in [4.69, 9.17) is 16.9 Å². The number of carbonyl (C=O) groups excluding carboxylic acids is 1. The maximum Gasteiger partial charge on any atom is 0.256 e. The van der Waals surface area contributed by atoms with Crippen molar-refractivity contribution in [2.45, 2.75) is 19.9 Å². The number of aromatic nitrogens is 1. The summed E-state index contributed by atoms with van der Waals surface area (Å²) in [7, 11) is 0. The minimum absolute atomic E-state index is 0.0450. The second kappa shape index (κ2) is 5.47. The summed E-state index contributed by atoms with van der Waals surface area (Å²) < 4.78 is 0. The van der Waals surface area contributed by atoms with Crippen molar-refractivity contribution in [2.75, 3.05) is 6.54 Å².